The number of para-hydroxylation sites is 1. The number of hydrogen-bond donors (Lipinski definition) is 0. The van der Waals surface area contributed by atoms with Gasteiger partial charge in [0.25, 0.3) is 0 Å². The summed E-state index contributed by atoms with van der Waals surface area (Å²) in [4.78, 5) is 26.1. The van der Waals surface area contributed by atoms with Gasteiger partial charge in [0.1, 0.15) is 5.58 Å². The number of hydrogen-bond acceptors (Lipinski definition) is 6. The van der Waals surface area contributed by atoms with Crippen LogP contribution in [-0.4, -0.2) is 20.2 Å². The minimum atomic E-state index is -0.823. The summed E-state index contributed by atoms with van der Waals surface area (Å²) in [6, 6.07) is 16.0. The second-order valence-electron chi connectivity index (χ2n) is 6.67. The number of benzene rings is 3. The van der Waals surface area contributed by atoms with Gasteiger partial charge in [0.2, 0.25) is 11.2 Å². The van der Waals surface area contributed by atoms with Gasteiger partial charge in [-0.2, -0.15) is 0 Å². The van der Waals surface area contributed by atoms with Crippen molar-refractivity contribution in [2.75, 3.05) is 14.2 Å². The van der Waals surface area contributed by atoms with E-state index >= 15 is 0 Å². The molecule has 0 N–H and O–H groups in total. The molecule has 162 valence electrons. The molecule has 0 aliphatic heterocycles. The van der Waals surface area contributed by atoms with Crippen LogP contribution in [-0.2, 0) is 0 Å². The molecular formula is C24H16Cl2O6. The van der Waals surface area contributed by atoms with Crippen LogP contribution in [0.1, 0.15) is 10.4 Å². The Kier molecular flexibility index (Phi) is 6.08. The minimum absolute atomic E-state index is 0.0573. The normalized spacial score (nSPS) is 10.8. The van der Waals surface area contributed by atoms with E-state index in [4.69, 9.17) is 41.8 Å². The molecule has 0 fully saturated rings. The van der Waals surface area contributed by atoms with Gasteiger partial charge in [0, 0.05) is 10.6 Å². The molecule has 0 saturated heterocycles. The lowest BCUT2D eigenvalue weighted by atomic mass is 10.1. The number of esters is 1. The molecule has 4 aromatic rings. The molecule has 32 heavy (non-hydrogen) atoms. The highest BCUT2D eigenvalue weighted by Crippen LogP contribution is 2.37. The number of halogens is 2. The SMILES string of the molecule is COc1ccc(-c2oc3ccccc3c(=O)c2OC(=O)c2ccc(Cl)cc2Cl)cc1OC. The van der Waals surface area contributed by atoms with Gasteiger partial charge in [-0.1, -0.05) is 35.3 Å². The summed E-state index contributed by atoms with van der Waals surface area (Å²) in [5.74, 6) is -0.124. The third-order valence-corrected chi connectivity index (χ3v) is 5.30. The van der Waals surface area contributed by atoms with E-state index in [2.05, 4.69) is 0 Å². The molecule has 1 aromatic heterocycles. The Labute approximate surface area is 192 Å². The number of fused-ring (bicyclic) bond motifs is 1. The highest BCUT2D eigenvalue weighted by atomic mass is 35.5. The molecule has 0 radical (unpaired) electrons. The maximum Gasteiger partial charge on any atom is 0.345 e. The largest absolute Gasteiger partial charge is 0.493 e. The molecule has 1 heterocycles. The number of rotatable bonds is 5. The van der Waals surface area contributed by atoms with Crippen LogP contribution in [0.25, 0.3) is 22.3 Å². The van der Waals surface area contributed by atoms with E-state index in [0.717, 1.165) is 0 Å². The monoisotopic (exact) mass is 470 g/mol. The molecule has 3 aromatic carbocycles. The van der Waals surface area contributed by atoms with Gasteiger partial charge in [-0.05, 0) is 48.5 Å². The number of ether oxygens (including phenoxy) is 3. The Morgan fingerprint density at radius 1 is 0.906 bits per heavy atom. The van der Waals surface area contributed by atoms with Crippen LogP contribution in [0.15, 0.2) is 69.9 Å². The van der Waals surface area contributed by atoms with E-state index in [1.54, 1.807) is 42.5 Å². The summed E-state index contributed by atoms with van der Waals surface area (Å²) in [5.41, 5.74) is 0.346. The fourth-order valence-corrected chi connectivity index (χ4v) is 3.67. The van der Waals surface area contributed by atoms with E-state index < -0.39 is 11.4 Å². The van der Waals surface area contributed by atoms with E-state index in [1.807, 2.05) is 0 Å². The van der Waals surface area contributed by atoms with Crippen molar-refractivity contribution in [1.82, 2.24) is 0 Å². The lowest BCUT2D eigenvalue weighted by Gasteiger charge is -2.13. The first kappa shape index (κ1) is 21.7. The average Bonchev–Trinajstić information content (AvgIpc) is 2.80. The number of methoxy groups -OCH3 is 2. The molecule has 0 aliphatic rings. The van der Waals surface area contributed by atoms with E-state index in [9.17, 15) is 9.59 Å². The van der Waals surface area contributed by atoms with Crippen LogP contribution < -0.4 is 19.6 Å². The highest BCUT2D eigenvalue weighted by Gasteiger charge is 2.23. The third-order valence-electron chi connectivity index (χ3n) is 4.75. The molecule has 0 aliphatic carbocycles. The zero-order chi connectivity index (χ0) is 22.8. The lowest BCUT2D eigenvalue weighted by Crippen LogP contribution is -2.16. The molecule has 8 heteroatoms. The van der Waals surface area contributed by atoms with E-state index in [-0.39, 0.29) is 27.5 Å². The Morgan fingerprint density at radius 2 is 1.66 bits per heavy atom. The van der Waals surface area contributed by atoms with Gasteiger partial charge in [-0.15, -0.1) is 0 Å². The molecule has 4 rings (SSSR count). The Balaban J connectivity index is 1.90. The fraction of sp³-hybridized carbons (Fsp3) is 0.0833. The second-order valence-corrected chi connectivity index (χ2v) is 7.51. The van der Waals surface area contributed by atoms with Crippen molar-refractivity contribution < 1.29 is 23.4 Å². The van der Waals surface area contributed by atoms with Gasteiger partial charge in [-0.25, -0.2) is 4.79 Å². The maximum absolute atomic E-state index is 13.3. The Hall–Kier alpha value is -3.48. The topological polar surface area (TPSA) is 75.0 Å². The van der Waals surface area contributed by atoms with Crippen molar-refractivity contribution >= 4 is 40.1 Å². The standard InChI is InChI=1S/C24H16Cl2O6/c1-29-19-10-7-13(11-20(19)30-2)22-23(21(27)16-5-3-4-6-18(16)31-22)32-24(28)15-9-8-14(25)12-17(15)26/h3-12H,1-2H3. The quantitative estimate of drug-likeness (QED) is 0.332. The zero-order valence-electron chi connectivity index (χ0n) is 17.0. The van der Waals surface area contributed by atoms with Gasteiger partial charge in [-0.3, -0.25) is 4.79 Å². The van der Waals surface area contributed by atoms with Crippen molar-refractivity contribution in [2.24, 2.45) is 0 Å². The lowest BCUT2D eigenvalue weighted by molar-refractivity contribution is 0.0731. The molecule has 6 nitrogen and oxygen atoms in total. The molecule has 0 saturated carbocycles. The van der Waals surface area contributed by atoms with Crippen LogP contribution in [0.3, 0.4) is 0 Å². The average molecular weight is 471 g/mol. The number of carbonyl (C=O) groups is 1. The summed E-state index contributed by atoms with van der Waals surface area (Å²) in [7, 11) is 3.00. The predicted octanol–water partition coefficient (Wildman–Crippen LogP) is 6.00. The smallest absolute Gasteiger partial charge is 0.345 e. The Morgan fingerprint density at radius 3 is 2.38 bits per heavy atom. The van der Waals surface area contributed by atoms with Crippen LogP contribution in [0.4, 0.5) is 0 Å². The van der Waals surface area contributed by atoms with Crippen LogP contribution in [0.5, 0.6) is 17.2 Å². The molecule has 0 atom stereocenters. The first-order chi connectivity index (χ1) is 15.4. The van der Waals surface area contributed by atoms with Crippen molar-refractivity contribution in [3.63, 3.8) is 0 Å². The second kappa shape index (κ2) is 8.94. The molecular weight excluding hydrogens is 455 g/mol. The summed E-state index contributed by atoms with van der Waals surface area (Å²) in [6.07, 6.45) is 0. The summed E-state index contributed by atoms with van der Waals surface area (Å²) in [6.45, 7) is 0. The van der Waals surface area contributed by atoms with Crippen molar-refractivity contribution in [3.05, 3.63) is 86.5 Å². The van der Waals surface area contributed by atoms with Crippen molar-refractivity contribution in [1.29, 1.82) is 0 Å². The fourth-order valence-electron chi connectivity index (χ4n) is 3.19. The van der Waals surface area contributed by atoms with Gasteiger partial charge < -0.3 is 18.6 Å². The number of carbonyl (C=O) groups excluding carboxylic acids is 1. The van der Waals surface area contributed by atoms with Crippen LogP contribution in [0.2, 0.25) is 10.0 Å². The predicted molar refractivity (Wildman–Crippen MR) is 122 cm³/mol. The molecule has 0 amide bonds. The highest BCUT2D eigenvalue weighted by molar-refractivity contribution is 6.36. The first-order valence-electron chi connectivity index (χ1n) is 9.38. The molecule has 0 spiro atoms. The Bertz CT molecular complexity index is 1390. The van der Waals surface area contributed by atoms with Crippen molar-refractivity contribution in [2.45, 2.75) is 0 Å². The third kappa shape index (κ3) is 4.02. The zero-order valence-corrected chi connectivity index (χ0v) is 18.5. The van der Waals surface area contributed by atoms with Crippen molar-refractivity contribution in [3.8, 4) is 28.6 Å². The summed E-state index contributed by atoms with van der Waals surface area (Å²) in [5, 5.41) is 0.727. The van der Waals surface area contributed by atoms with Crippen LogP contribution in [0, 0.1) is 0 Å². The maximum atomic E-state index is 13.3. The van der Waals surface area contributed by atoms with Gasteiger partial charge in [0.15, 0.2) is 17.3 Å². The minimum Gasteiger partial charge on any atom is -0.493 e. The molecule has 0 bridgehead atoms. The molecule has 0 unspecified atom stereocenters. The van der Waals surface area contributed by atoms with E-state index in [0.29, 0.717) is 27.7 Å². The van der Waals surface area contributed by atoms with E-state index in [1.165, 1.54) is 32.4 Å². The van der Waals surface area contributed by atoms with Gasteiger partial charge >= 0.3 is 5.97 Å². The summed E-state index contributed by atoms with van der Waals surface area (Å²) < 4.78 is 22.1. The van der Waals surface area contributed by atoms with Gasteiger partial charge in [0.05, 0.1) is 30.2 Å². The first-order valence-corrected chi connectivity index (χ1v) is 10.1. The van der Waals surface area contributed by atoms with Crippen LogP contribution >= 0.6 is 23.2 Å². The summed E-state index contributed by atoms with van der Waals surface area (Å²) >= 11 is 12.0.